The molecule has 0 heterocycles. The van der Waals surface area contributed by atoms with Gasteiger partial charge in [-0.2, -0.15) is 0 Å². The average molecular weight is 249 g/mol. The third-order valence-electron chi connectivity index (χ3n) is 3.04. The van der Waals surface area contributed by atoms with Crippen molar-refractivity contribution in [1.82, 2.24) is 0 Å². The minimum Gasteiger partial charge on any atom is -0.494 e. The van der Waals surface area contributed by atoms with Gasteiger partial charge in [0.05, 0.1) is 6.61 Å². The van der Waals surface area contributed by atoms with Crippen LogP contribution in [0.1, 0.15) is 58.6 Å². The van der Waals surface area contributed by atoms with E-state index in [2.05, 4.69) is 32.9 Å². The molecule has 1 aromatic rings. The van der Waals surface area contributed by atoms with E-state index in [4.69, 9.17) is 10.5 Å². The van der Waals surface area contributed by atoms with Crippen molar-refractivity contribution < 1.29 is 4.74 Å². The second kappa shape index (κ2) is 6.79. The minimum atomic E-state index is 0.118. The van der Waals surface area contributed by atoms with Crippen LogP contribution < -0.4 is 10.5 Å². The van der Waals surface area contributed by atoms with Gasteiger partial charge in [-0.25, -0.2) is 0 Å². The highest BCUT2D eigenvalue weighted by Crippen LogP contribution is 2.26. The lowest BCUT2D eigenvalue weighted by molar-refractivity contribution is 0.338. The fourth-order valence-corrected chi connectivity index (χ4v) is 2.02. The Bertz CT molecular complexity index is 354. The van der Waals surface area contributed by atoms with Crippen molar-refractivity contribution >= 4 is 0 Å². The van der Waals surface area contributed by atoms with Gasteiger partial charge in [-0.05, 0) is 42.9 Å². The summed E-state index contributed by atoms with van der Waals surface area (Å²) < 4.78 is 5.50. The van der Waals surface area contributed by atoms with Crippen LogP contribution in [0.5, 0.6) is 5.75 Å². The number of hydrogen-bond acceptors (Lipinski definition) is 2. The Balaban J connectivity index is 2.50. The van der Waals surface area contributed by atoms with Crippen molar-refractivity contribution in [1.29, 1.82) is 0 Å². The molecule has 2 heteroatoms. The van der Waals surface area contributed by atoms with Crippen molar-refractivity contribution in [3.05, 3.63) is 29.8 Å². The normalized spacial score (nSPS) is 13.4. The number of ether oxygens (including phenoxy) is 1. The van der Waals surface area contributed by atoms with Gasteiger partial charge in [0, 0.05) is 6.04 Å². The molecule has 0 aromatic heterocycles. The third-order valence-corrected chi connectivity index (χ3v) is 3.04. The van der Waals surface area contributed by atoms with Crippen molar-refractivity contribution in [3.8, 4) is 5.75 Å². The Morgan fingerprint density at radius 2 is 2.00 bits per heavy atom. The van der Waals surface area contributed by atoms with Crippen LogP contribution in [0, 0.1) is 5.41 Å². The molecule has 1 atom stereocenters. The van der Waals surface area contributed by atoms with E-state index in [1.165, 1.54) is 18.4 Å². The highest BCUT2D eigenvalue weighted by Gasteiger charge is 2.12. The molecule has 0 aliphatic rings. The van der Waals surface area contributed by atoms with E-state index in [1.807, 2.05) is 19.1 Å². The first-order valence-electron chi connectivity index (χ1n) is 6.91. The van der Waals surface area contributed by atoms with Gasteiger partial charge in [-0.3, -0.25) is 0 Å². The van der Waals surface area contributed by atoms with Crippen molar-refractivity contribution in [2.75, 3.05) is 6.61 Å². The lowest BCUT2D eigenvalue weighted by Gasteiger charge is -2.19. The van der Waals surface area contributed by atoms with Crippen LogP contribution in [0.3, 0.4) is 0 Å². The van der Waals surface area contributed by atoms with Crippen molar-refractivity contribution in [2.45, 2.75) is 53.0 Å². The van der Waals surface area contributed by atoms with E-state index >= 15 is 0 Å². The molecule has 0 bridgehead atoms. The van der Waals surface area contributed by atoms with Gasteiger partial charge in [0.25, 0.3) is 0 Å². The summed E-state index contributed by atoms with van der Waals surface area (Å²) >= 11 is 0. The van der Waals surface area contributed by atoms with Gasteiger partial charge in [0.2, 0.25) is 0 Å². The molecule has 0 aliphatic carbocycles. The molecule has 1 aromatic carbocycles. The van der Waals surface area contributed by atoms with Gasteiger partial charge in [0.15, 0.2) is 0 Å². The van der Waals surface area contributed by atoms with E-state index in [1.54, 1.807) is 0 Å². The zero-order valence-corrected chi connectivity index (χ0v) is 12.2. The summed E-state index contributed by atoms with van der Waals surface area (Å²) in [6, 6.07) is 8.27. The summed E-state index contributed by atoms with van der Waals surface area (Å²) in [5, 5.41) is 0. The highest BCUT2D eigenvalue weighted by molar-refractivity contribution is 5.30. The third kappa shape index (κ3) is 5.54. The van der Waals surface area contributed by atoms with Crippen LogP contribution in [-0.4, -0.2) is 6.61 Å². The van der Waals surface area contributed by atoms with E-state index in [9.17, 15) is 0 Å². The standard InChI is InChI=1S/C16H27NO/c1-5-18-14-9-6-8-13(12-14)15(17)10-7-11-16(2,3)4/h6,8-9,12,15H,5,7,10-11,17H2,1-4H3. The lowest BCUT2D eigenvalue weighted by atomic mass is 9.88. The number of nitrogens with two attached hydrogens (primary N) is 1. The lowest BCUT2D eigenvalue weighted by Crippen LogP contribution is -2.12. The van der Waals surface area contributed by atoms with Crippen LogP contribution in [0.2, 0.25) is 0 Å². The Hall–Kier alpha value is -1.02. The van der Waals surface area contributed by atoms with Crippen LogP contribution in [0.15, 0.2) is 24.3 Å². The molecule has 18 heavy (non-hydrogen) atoms. The molecule has 0 aliphatic heterocycles. The molecule has 1 rings (SSSR count). The van der Waals surface area contributed by atoms with Crippen LogP contribution in [0.4, 0.5) is 0 Å². The smallest absolute Gasteiger partial charge is 0.119 e. The van der Waals surface area contributed by atoms with Crippen LogP contribution in [-0.2, 0) is 0 Å². The molecule has 0 fully saturated rings. The van der Waals surface area contributed by atoms with Gasteiger partial charge in [0.1, 0.15) is 5.75 Å². The average Bonchev–Trinajstić information content (AvgIpc) is 2.28. The van der Waals surface area contributed by atoms with Gasteiger partial charge in [-0.1, -0.05) is 39.3 Å². The first-order valence-corrected chi connectivity index (χ1v) is 6.91. The fraction of sp³-hybridized carbons (Fsp3) is 0.625. The summed E-state index contributed by atoms with van der Waals surface area (Å²) in [6.45, 7) is 9.51. The number of rotatable bonds is 6. The van der Waals surface area contributed by atoms with Gasteiger partial charge >= 0.3 is 0 Å². The molecule has 1 unspecified atom stereocenters. The minimum absolute atomic E-state index is 0.118. The largest absolute Gasteiger partial charge is 0.494 e. The molecule has 0 saturated heterocycles. The second-order valence-electron chi connectivity index (χ2n) is 6.06. The summed E-state index contributed by atoms with van der Waals surface area (Å²) in [7, 11) is 0. The zero-order chi connectivity index (χ0) is 13.6. The maximum Gasteiger partial charge on any atom is 0.119 e. The predicted molar refractivity (Wildman–Crippen MR) is 77.8 cm³/mol. The Morgan fingerprint density at radius 1 is 1.28 bits per heavy atom. The molecule has 0 amide bonds. The summed E-state index contributed by atoms with van der Waals surface area (Å²) in [5.74, 6) is 0.918. The van der Waals surface area contributed by atoms with E-state index in [0.29, 0.717) is 12.0 Å². The maximum absolute atomic E-state index is 6.23. The Morgan fingerprint density at radius 3 is 2.61 bits per heavy atom. The van der Waals surface area contributed by atoms with Crippen LogP contribution in [0.25, 0.3) is 0 Å². The molecule has 102 valence electrons. The van der Waals surface area contributed by atoms with E-state index in [0.717, 1.165) is 12.2 Å². The quantitative estimate of drug-likeness (QED) is 0.815. The molecule has 0 saturated carbocycles. The Labute approximate surface area is 112 Å². The molecular formula is C16H27NO. The second-order valence-corrected chi connectivity index (χ2v) is 6.06. The zero-order valence-electron chi connectivity index (χ0n) is 12.2. The van der Waals surface area contributed by atoms with E-state index < -0.39 is 0 Å². The monoisotopic (exact) mass is 249 g/mol. The number of benzene rings is 1. The van der Waals surface area contributed by atoms with Crippen molar-refractivity contribution in [3.63, 3.8) is 0 Å². The fourth-order valence-electron chi connectivity index (χ4n) is 2.02. The highest BCUT2D eigenvalue weighted by atomic mass is 16.5. The van der Waals surface area contributed by atoms with Gasteiger partial charge < -0.3 is 10.5 Å². The predicted octanol–water partition coefficient (Wildman–Crippen LogP) is 4.30. The molecule has 2 nitrogen and oxygen atoms in total. The van der Waals surface area contributed by atoms with Crippen LogP contribution >= 0.6 is 0 Å². The van der Waals surface area contributed by atoms with E-state index in [-0.39, 0.29) is 6.04 Å². The molecular weight excluding hydrogens is 222 g/mol. The topological polar surface area (TPSA) is 35.2 Å². The SMILES string of the molecule is CCOc1cccc(C(N)CCCC(C)(C)C)c1. The van der Waals surface area contributed by atoms with Gasteiger partial charge in [-0.15, -0.1) is 0 Å². The maximum atomic E-state index is 6.23. The van der Waals surface area contributed by atoms with Crippen molar-refractivity contribution in [2.24, 2.45) is 11.1 Å². The summed E-state index contributed by atoms with van der Waals surface area (Å²) in [6.07, 6.45) is 3.42. The molecule has 0 spiro atoms. The summed E-state index contributed by atoms with van der Waals surface area (Å²) in [4.78, 5) is 0. The first kappa shape index (κ1) is 15.0. The Kier molecular flexibility index (Phi) is 5.67. The summed E-state index contributed by atoms with van der Waals surface area (Å²) in [5.41, 5.74) is 7.81. The number of hydrogen-bond donors (Lipinski definition) is 1. The first-order chi connectivity index (χ1) is 8.42. The molecule has 2 N–H and O–H groups in total. The molecule has 0 radical (unpaired) electrons.